The van der Waals surface area contributed by atoms with Gasteiger partial charge in [0.05, 0.1) is 17.4 Å². The minimum Gasteiger partial charge on any atom is -0.187 e. The lowest BCUT2D eigenvalue weighted by atomic mass is 10.3. The lowest BCUT2D eigenvalue weighted by molar-refractivity contribution is 0.756. The Bertz CT molecular complexity index is 652. The highest BCUT2D eigenvalue weighted by Gasteiger charge is 2.14. The number of rotatable bonds is 3. The number of tetrazole rings is 1. The van der Waals surface area contributed by atoms with Gasteiger partial charge in [-0.05, 0) is 34.3 Å². The molecule has 3 aromatic rings. The summed E-state index contributed by atoms with van der Waals surface area (Å²) in [7, 11) is 0. The molecule has 0 N–H and O–H groups in total. The van der Waals surface area contributed by atoms with Crippen LogP contribution in [-0.2, 0) is 0 Å². The van der Waals surface area contributed by atoms with Crippen molar-refractivity contribution in [2.24, 2.45) is 0 Å². The second-order valence-corrected chi connectivity index (χ2v) is 5.01. The van der Waals surface area contributed by atoms with Crippen molar-refractivity contribution in [1.29, 1.82) is 0 Å². The SMILES string of the molecule is Clc1nsnc1Sc1nnnn1-c1ccccc1. The number of benzene rings is 1. The zero-order chi connectivity index (χ0) is 12.4. The van der Waals surface area contributed by atoms with Crippen LogP contribution in [0.1, 0.15) is 0 Å². The first-order valence-corrected chi connectivity index (χ1v) is 6.77. The van der Waals surface area contributed by atoms with Crippen molar-refractivity contribution in [2.75, 3.05) is 0 Å². The number of para-hydroxylation sites is 1. The Morgan fingerprint density at radius 3 is 2.72 bits per heavy atom. The summed E-state index contributed by atoms with van der Waals surface area (Å²) in [6.45, 7) is 0. The molecule has 0 aliphatic rings. The topological polar surface area (TPSA) is 69.4 Å². The highest BCUT2D eigenvalue weighted by molar-refractivity contribution is 7.99. The Labute approximate surface area is 115 Å². The van der Waals surface area contributed by atoms with Crippen molar-refractivity contribution in [1.82, 2.24) is 29.0 Å². The van der Waals surface area contributed by atoms with Gasteiger partial charge in [-0.1, -0.05) is 29.8 Å². The maximum absolute atomic E-state index is 5.89. The second kappa shape index (κ2) is 5.01. The molecule has 6 nitrogen and oxygen atoms in total. The predicted octanol–water partition coefficient (Wildman–Crippen LogP) is 2.32. The fraction of sp³-hybridized carbons (Fsp3) is 0. The van der Waals surface area contributed by atoms with Gasteiger partial charge in [-0.25, -0.2) is 0 Å². The number of aromatic nitrogens is 6. The Morgan fingerprint density at radius 2 is 2.00 bits per heavy atom. The first kappa shape index (κ1) is 11.6. The molecule has 0 bridgehead atoms. The minimum absolute atomic E-state index is 0.368. The molecule has 0 saturated carbocycles. The van der Waals surface area contributed by atoms with Gasteiger partial charge in [-0.3, -0.25) is 0 Å². The molecular weight excluding hydrogens is 292 g/mol. The largest absolute Gasteiger partial charge is 0.220 e. The van der Waals surface area contributed by atoms with E-state index in [0.29, 0.717) is 15.3 Å². The fourth-order valence-corrected chi connectivity index (χ4v) is 2.87. The van der Waals surface area contributed by atoms with Gasteiger partial charge < -0.3 is 0 Å². The van der Waals surface area contributed by atoms with Gasteiger partial charge in [-0.2, -0.15) is 13.4 Å². The van der Waals surface area contributed by atoms with Crippen LogP contribution in [0.5, 0.6) is 0 Å². The van der Waals surface area contributed by atoms with Gasteiger partial charge in [0.25, 0.3) is 0 Å². The average Bonchev–Trinajstić information content (AvgIpc) is 3.01. The lowest BCUT2D eigenvalue weighted by Gasteiger charge is -2.01. The standard InChI is InChI=1S/C9H5ClN6S2/c10-7-8(13-18-12-7)17-9-11-14-15-16(9)6-4-2-1-3-5-6/h1-5H. The Balaban J connectivity index is 1.95. The van der Waals surface area contributed by atoms with Crippen LogP contribution in [0.4, 0.5) is 0 Å². The summed E-state index contributed by atoms with van der Waals surface area (Å²) < 4.78 is 9.60. The first-order valence-electron chi connectivity index (χ1n) is 4.84. The number of nitrogens with zero attached hydrogens (tertiary/aromatic N) is 6. The van der Waals surface area contributed by atoms with Crippen LogP contribution in [-0.4, -0.2) is 29.0 Å². The molecule has 2 aromatic heterocycles. The monoisotopic (exact) mass is 296 g/mol. The van der Waals surface area contributed by atoms with Crippen LogP contribution < -0.4 is 0 Å². The summed E-state index contributed by atoms with van der Waals surface area (Å²) >= 11 is 8.23. The number of hydrogen-bond donors (Lipinski definition) is 0. The van der Waals surface area contributed by atoms with Crippen LogP contribution in [0.25, 0.3) is 5.69 Å². The normalized spacial score (nSPS) is 10.7. The van der Waals surface area contributed by atoms with E-state index in [9.17, 15) is 0 Å². The van der Waals surface area contributed by atoms with Gasteiger partial charge in [-0.15, -0.1) is 5.10 Å². The summed E-state index contributed by atoms with van der Waals surface area (Å²) in [5.74, 6) is 0. The molecule has 0 fully saturated rings. The number of hydrogen-bond acceptors (Lipinski definition) is 7. The van der Waals surface area contributed by atoms with Gasteiger partial charge in [0, 0.05) is 0 Å². The van der Waals surface area contributed by atoms with Crippen LogP contribution in [0.15, 0.2) is 40.5 Å². The van der Waals surface area contributed by atoms with Crippen molar-refractivity contribution in [3.63, 3.8) is 0 Å². The highest BCUT2D eigenvalue weighted by Crippen LogP contribution is 2.30. The molecule has 3 rings (SSSR count). The van der Waals surface area contributed by atoms with E-state index in [0.717, 1.165) is 17.4 Å². The molecule has 2 heterocycles. The molecule has 0 aliphatic carbocycles. The van der Waals surface area contributed by atoms with E-state index in [-0.39, 0.29) is 0 Å². The highest BCUT2D eigenvalue weighted by atomic mass is 35.5. The Morgan fingerprint density at radius 1 is 1.17 bits per heavy atom. The zero-order valence-electron chi connectivity index (χ0n) is 8.76. The molecule has 0 radical (unpaired) electrons. The summed E-state index contributed by atoms with van der Waals surface area (Å²) in [6, 6.07) is 9.61. The summed E-state index contributed by atoms with van der Waals surface area (Å²) in [5.41, 5.74) is 0.879. The summed E-state index contributed by atoms with van der Waals surface area (Å²) in [6.07, 6.45) is 0. The Kier molecular flexibility index (Phi) is 3.22. The molecule has 90 valence electrons. The predicted molar refractivity (Wildman–Crippen MR) is 68.2 cm³/mol. The molecular formula is C9H5ClN6S2. The molecule has 0 atom stereocenters. The molecule has 0 unspecified atom stereocenters. The second-order valence-electron chi connectivity index (χ2n) is 3.17. The molecule has 0 aliphatic heterocycles. The summed E-state index contributed by atoms with van der Waals surface area (Å²) in [4.78, 5) is 0. The van der Waals surface area contributed by atoms with E-state index in [1.807, 2.05) is 30.3 Å². The third-order valence-electron chi connectivity index (χ3n) is 2.05. The third kappa shape index (κ3) is 2.22. The number of halogens is 1. The zero-order valence-corrected chi connectivity index (χ0v) is 11.2. The van der Waals surface area contributed by atoms with Crippen molar-refractivity contribution in [2.45, 2.75) is 10.2 Å². The molecule has 18 heavy (non-hydrogen) atoms. The van der Waals surface area contributed by atoms with Gasteiger partial charge in [0.15, 0.2) is 10.2 Å². The molecule has 9 heteroatoms. The van der Waals surface area contributed by atoms with Gasteiger partial charge >= 0.3 is 0 Å². The van der Waals surface area contributed by atoms with E-state index in [1.54, 1.807) is 4.68 Å². The quantitative estimate of drug-likeness (QED) is 0.739. The van der Waals surface area contributed by atoms with Crippen LogP contribution in [0.2, 0.25) is 5.15 Å². The first-order chi connectivity index (χ1) is 8.84. The van der Waals surface area contributed by atoms with Crippen LogP contribution in [0, 0.1) is 0 Å². The maximum atomic E-state index is 5.89. The smallest absolute Gasteiger partial charge is 0.187 e. The maximum Gasteiger partial charge on any atom is 0.220 e. The average molecular weight is 297 g/mol. The summed E-state index contributed by atoms with van der Waals surface area (Å²) in [5, 5.41) is 13.1. The van der Waals surface area contributed by atoms with E-state index < -0.39 is 0 Å². The third-order valence-corrected chi connectivity index (χ3v) is 4.09. The van der Waals surface area contributed by atoms with E-state index in [1.165, 1.54) is 11.8 Å². The van der Waals surface area contributed by atoms with Crippen LogP contribution in [0.3, 0.4) is 0 Å². The van der Waals surface area contributed by atoms with Crippen LogP contribution >= 0.6 is 35.1 Å². The van der Waals surface area contributed by atoms with E-state index in [4.69, 9.17) is 11.6 Å². The van der Waals surface area contributed by atoms with E-state index in [2.05, 4.69) is 24.3 Å². The van der Waals surface area contributed by atoms with Crippen molar-refractivity contribution in [3.8, 4) is 5.69 Å². The Hall–Kier alpha value is -1.51. The van der Waals surface area contributed by atoms with Gasteiger partial charge in [0.2, 0.25) is 5.16 Å². The van der Waals surface area contributed by atoms with Crippen molar-refractivity contribution < 1.29 is 0 Å². The van der Waals surface area contributed by atoms with Crippen molar-refractivity contribution in [3.05, 3.63) is 35.5 Å². The molecule has 0 saturated heterocycles. The van der Waals surface area contributed by atoms with E-state index >= 15 is 0 Å². The lowest BCUT2D eigenvalue weighted by Crippen LogP contribution is -1.98. The van der Waals surface area contributed by atoms with Gasteiger partial charge in [0.1, 0.15) is 0 Å². The molecule has 1 aromatic carbocycles. The molecule has 0 spiro atoms. The fourth-order valence-electron chi connectivity index (χ4n) is 1.29. The minimum atomic E-state index is 0.368. The van der Waals surface area contributed by atoms with Crippen molar-refractivity contribution >= 4 is 35.1 Å². The molecule has 0 amide bonds.